The highest BCUT2D eigenvalue weighted by atomic mass is 19.1. The van der Waals surface area contributed by atoms with Gasteiger partial charge in [-0.3, -0.25) is 9.78 Å². The Balaban J connectivity index is 1.55. The Morgan fingerprint density at radius 3 is 2.74 bits per heavy atom. The lowest BCUT2D eigenvalue weighted by Crippen LogP contribution is -2.29. The van der Waals surface area contributed by atoms with Gasteiger partial charge < -0.3 is 19.4 Å². The Morgan fingerprint density at radius 1 is 1.15 bits per heavy atom. The number of fused-ring (bicyclic) bond motifs is 1. The number of methoxy groups -OCH3 is 1. The second-order valence-corrected chi connectivity index (χ2v) is 8.49. The maximum Gasteiger partial charge on any atom is 0.280 e. The summed E-state index contributed by atoms with van der Waals surface area (Å²) in [5.74, 6) is -0.496. The lowest BCUT2D eigenvalue weighted by Gasteiger charge is -2.27. The van der Waals surface area contributed by atoms with E-state index in [9.17, 15) is 14.3 Å². The highest BCUT2D eigenvalue weighted by molar-refractivity contribution is 5.96. The Morgan fingerprint density at radius 2 is 1.94 bits per heavy atom. The summed E-state index contributed by atoms with van der Waals surface area (Å²) in [7, 11) is 1.46. The minimum absolute atomic E-state index is 0.141. The predicted octanol–water partition coefficient (Wildman–Crippen LogP) is 4.40. The van der Waals surface area contributed by atoms with Gasteiger partial charge >= 0.3 is 0 Å². The van der Waals surface area contributed by atoms with Crippen LogP contribution in [0.15, 0.2) is 65.8 Å². The molecule has 7 nitrogen and oxygen atoms in total. The smallest absolute Gasteiger partial charge is 0.280 e. The van der Waals surface area contributed by atoms with Gasteiger partial charge in [0.2, 0.25) is 5.62 Å². The van der Waals surface area contributed by atoms with E-state index in [2.05, 4.69) is 19.5 Å². The van der Waals surface area contributed by atoms with Crippen molar-refractivity contribution in [1.82, 2.24) is 14.5 Å². The third kappa shape index (κ3) is 4.24. The van der Waals surface area contributed by atoms with Gasteiger partial charge in [0, 0.05) is 29.4 Å². The number of para-hydroxylation sites is 2. The van der Waals surface area contributed by atoms with Gasteiger partial charge in [-0.15, -0.1) is 0 Å². The van der Waals surface area contributed by atoms with Crippen LogP contribution in [0.1, 0.15) is 42.1 Å². The van der Waals surface area contributed by atoms with Gasteiger partial charge in [0.1, 0.15) is 11.6 Å². The average molecular weight is 461 g/mol. The van der Waals surface area contributed by atoms with Crippen molar-refractivity contribution in [2.24, 2.45) is 4.99 Å². The second-order valence-electron chi connectivity index (χ2n) is 8.49. The van der Waals surface area contributed by atoms with Crippen LogP contribution in [-0.2, 0) is 0 Å². The minimum Gasteiger partial charge on any atom is -0.496 e. The molecule has 1 saturated carbocycles. The number of pyridine rings is 1. The fourth-order valence-electron chi connectivity index (χ4n) is 4.60. The molecule has 0 bridgehead atoms. The van der Waals surface area contributed by atoms with Gasteiger partial charge in [0.05, 0.1) is 29.9 Å². The zero-order valence-electron chi connectivity index (χ0n) is 18.7. The van der Waals surface area contributed by atoms with E-state index < -0.39 is 11.7 Å². The van der Waals surface area contributed by atoms with Gasteiger partial charge in [-0.1, -0.05) is 12.1 Å². The number of ether oxygens (including phenoxy) is 1. The SMILES string of the molecule is COc1cc(F)ccc1-c1cc(C(=O)/N=c2\[nH]c3ccccc3n2[C@H]2CC[C@@H](O)CC2)ccn1. The lowest BCUT2D eigenvalue weighted by molar-refractivity contribution is 0.0990. The summed E-state index contributed by atoms with van der Waals surface area (Å²) in [6, 6.07) is 15.4. The molecule has 34 heavy (non-hydrogen) atoms. The third-order valence-electron chi connectivity index (χ3n) is 6.32. The van der Waals surface area contributed by atoms with E-state index in [1.807, 2.05) is 24.3 Å². The van der Waals surface area contributed by atoms with Crippen LogP contribution in [-0.4, -0.2) is 38.8 Å². The summed E-state index contributed by atoms with van der Waals surface area (Å²) >= 11 is 0. The number of aromatic nitrogens is 3. The number of hydrogen-bond acceptors (Lipinski definition) is 4. The highest BCUT2D eigenvalue weighted by Gasteiger charge is 2.23. The van der Waals surface area contributed by atoms with Crippen molar-refractivity contribution in [2.45, 2.75) is 37.8 Å². The molecule has 0 atom stereocenters. The molecule has 174 valence electrons. The molecular weight excluding hydrogens is 435 g/mol. The number of aromatic amines is 1. The summed E-state index contributed by atoms with van der Waals surface area (Å²) in [6.07, 6.45) is 4.32. The number of hydrogen-bond donors (Lipinski definition) is 2. The van der Waals surface area contributed by atoms with Crippen molar-refractivity contribution in [3.8, 4) is 17.0 Å². The molecule has 0 aliphatic heterocycles. The van der Waals surface area contributed by atoms with Crippen molar-refractivity contribution in [3.63, 3.8) is 0 Å². The lowest BCUT2D eigenvalue weighted by atomic mass is 9.93. The summed E-state index contributed by atoms with van der Waals surface area (Å²) in [5, 5.41) is 9.94. The Hall–Kier alpha value is -3.78. The number of carbonyl (C=O) groups excluding carboxylic acids is 1. The molecular formula is C26H25FN4O3. The molecule has 0 saturated heterocycles. The molecule has 5 rings (SSSR count). The van der Waals surface area contributed by atoms with Crippen molar-refractivity contribution in [1.29, 1.82) is 0 Å². The zero-order chi connectivity index (χ0) is 23.7. The first kappa shape index (κ1) is 22.0. The number of aliphatic hydroxyl groups is 1. The number of imidazole rings is 1. The summed E-state index contributed by atoms with van der Waals surface area (Å²) < 4.78 is 21.0. The zero-order valence-corrected chi connectivity index (χ0v) is 18.7. The van der Waals surface area contributed by atoms with Gasteiger partial charge in [0.25, 0.3) is 5.91 Å². The molecule has 1 aliphatic carbocycles. The second kappa shape index (κ2) is 9.23. The number of amides is 1. The first-order chi connectivity index (χ1) is 16.5. The number of rotatable bonds is 4. The highest BCUT2D eigenvalue weighted by Crippen LogP contribution is 2.31. The van der Waals surface area contributed by atoms with Crippen LogP contribution < -0.4 is 10.4 Å². The van der Waals surface area contributed by atoms with E-state index in [1.54, 1.807) is 18.2 Å². The average Bonchev–Trinajstić information content (AvgIpc) is 3.22. The van der Waals surface area contributed by atoms with Crippen molar-refractivity contribution >= 4 is 16.9 Å². The summed E-state index contributed by atoms with van der Waals surface area (Å²) in [4.78, 5) is 25.3. The standard InChI is InChI=1S/C26H25FN4O3/c1-34-24-15-17(27)6-11-20(24)22-14-16(12-13-28-22)25(33)30-26-29-21-4-2-3-5-23(21)31(26)18-7-9-19(32)10-8-18/h2-6,11-15,18-19,32H,7-10H2,1H3,(H,29,30,33)/t18-,19+. The maximum absolute atomic E-state index is 13.6. The maximum atomic E-state index is 13.6. The first-order valence-electron chi connectivity index (χ1n) is 11.3. The Kier molecular flexibility index (Phi) is 5.98. The van der Waals surface area contributed by atoms with Gasteiger partial charge in [-0.25, -0.2) is 4.39 Å². The van der Waals surface area contributed by atoms with Crippen LogP contribution in [0.5, 0.6) is 5.75 Å². The van der Waals surface area contributed by atoms with Gasteiger partial charge in [-0.2, -0.15) is 4.99 Å². The number of benzene rings is 2. The number of halogens is 1. The van der Waals surface area contributed by atoms with Crippen LogP contribution in [0, 0.1) is 5.82 Å². The molecule has 1 aliphatic rings. The molecule has 8 heteroatoms. The molecule has 1 fully saturated rings. The molecule has 0 unspecified atom stereocenters. The number of nitrogens with zero attached hydrogens (tertiary/aromatic N) is 3. The Bertz CT molecular complexity index is 1420. The van der Waals surface area contributed by atoms with Gasteiger partial charge in [-0.05, 0) is 62.1 Å². The minimum atomic E-state index is -0.416. The quantitative estimate of drug-likeness (QED) is 0.472. The predicted molar refractivity (Wildman–Crippen MR) is 126 cm³/mol. The van der Waals surface area contributed by atoms with Crippen LogP contribution in [0.2, 0.25) is 0 Å². The monoisotopic (exact) mass is 460 g/mol. The number of carbonyl (C=O) groups is 1. The third-order valence-corrected chi connectivity index (χ3v) is 6.32. The van der Waals surface area contributed by atoms with E-state index in [0.717, 1.165) is 36.7 Å². The van der Waals surface area contributed by atoms with E-state index in [-0.39, 0.29) is 12.1 Å². The van der Waals surface area contributed by atoms with Crippen LogP contribution in [0.3, 0.4) is 0 Å². The molecule has 1 amide bonds. The van der Waals surface area contributed by atoms with E-state index in [4.69, 9.17) is 4.74 Å². The fourth-order valence-corrected chi connectivity index (χ4v) is 4.60. The number of H-pyrrole nitrogens is 1. The molecule has 2 N–H and O–H groups in total. The van der Waals surface area contributed by atoms with Crippen molar-refractivity contribution in [2.75, 3.05) is 7.11 Å². The van der Waals surface area contributed by atoms with Gasteiger partial charge in [0.15, 0.2) is 0 Å². The van der Waals surface area contributed by atoms with Crippen LogP contribution in [0.4, 0.5) is 4.39 Å². The van der Waals surface area contributed by atoms with E-state index in [0.29, 0.717) is 28.2 Å². The Labute approximate surface area is 195 Å². The summed E-state index contributed by atoms with van der Waals surface area (Å²) in [5.41, 5.74) is 3.78. The number of nitrogens with one attached hydrogen (secondary N) is 1. The number of aliphatic hydroxyl groups excluding tert-OH is 1. The first-order valence-corrected chi connectivity index (χ1v) is 11.3. The molecule has 4 aromatic rings. The largest absolute Gasteiger partial charge is 0.496 e. The van der Waals surface area contributed by atoms with Crippen LogP contribution >= 0.6 is 0 Å². The van der Waals surface area contributed by atoms with Crippen molar-refractivity contribution < 1.29 is 19.0 Å². The molecule has 2 heterocycles. The fraction of sp³-hybridized carbons (Fsp3) is 0.269. The molecule has 0 radical (unpaired) electrons. The topological polar surface area (TPSA) is 92.5 Å². The molecule has 2 aromatic carbocycles. The van der Waals surface area contributed by atoms with Crippen molar-refractivity contribution in [3.05, 3.63) is 77.8 Å². The van der Waals surface area contributed by atoms with E-state index >= 15 is 0 Å². The normalized spacial score (nSPS) is 18.9. The summed E-state index contributed by atoms with van der Waals surface area (Å²) in [6.45, 7) is 0. The van der Waals surface area contributed by atoms with Crippen LogP contribution in [0.25, 0.3) is 22.3 Å². The molecule has 2 aromatic heterocycles. The van der Waals surface area contributed by atoms with E-state index in [1.165, 1.54) is 25.4 Å². The molecule has 0 spiro atoms.